The minimum Gasteiger partial charge on any atom is -0.383 e. The summed E-state index contributed by atoms with van der Waals surface area (Å²) in [5.74, 6) is 0.495. The number of hydrogen-bond acceptors (Lipinski definition) is 4. The second-order valence-electron chi connectivity index (χ2n) is 3.12. The lowest BCUT2D eigenvalue weighted by Crippen LogP contribution is -2.13. The monoisotopic (exact) mass is 283 g/mol. The molecular formula is C10H10BrN3S. The molecule has 0 spiro atoms. The van der Waals surface area contributed by atoms with Crippen LogP contribution in [0.25, 0.3) is 0 Å². The highest BCUT2D eigenvalue weighted by Gasteiger charge is 2.13. The summed E-state index contributed by atoms with van der Waals surface area (Å²) >= 11 is 5.01. The zero-order chi connectivity index (χ0) is 10.8. The maximum atomic E-state index is 6.10. The van der Waals surface area contributed by atoms with Gasteiger partial charge in [0.2, 0.25) is 0 Å². The first-order valence-electron chi connectivity index (χ1n) is 4.38. The van der Waals surface area contributed by atoms with E-state index in [9.17, 15) is 0 Å². The fourth-order valence-corrected chi connectivity index (χ4v) is 2.80. The van der Waals surface area contributed by atoms with Crippen molar-refractivity contribution in [1.29, 1.82) is 0 Å². The van der Waals surface area contributed by atoms with Crippen LogP contribution in [0.1, 0.15) is 16.5 Å². The third-order valence-corrected chi connectivity index (χ3v) is 3.88. The average molecular weight is 284 g/mol. The zero-order valence-electron chi connectivity index (χ0n) is 7.85. The Morgan fingerprint density at radius 3 is 2.87 bits per heavy atom. The number of aromatic nitrogens is 1. The molecule has 15 heavy (non-hydrogen) atoms. The van der Waals surface area contributed by atoms with Gasteiger partial charge in [-0.05, 0) is 28.1 Å². The van der Waals surface area contributed by atoms with E-state index < -0.39 is 0 Å². The first-order valence-corrected chi connectivity index (χ1v) is 6.05. The molecule has 0 aromatic carbocycles. The average Bonchev–Trinajstić information content (AvgIpc) is 2.65. The van der Waals surface area contributed by atoms with Gasteiger partial charge in [0.15, 0.2) is 0 Å². The van der Waals surface area contributed by atoms with Gasteiger partial charge < -0.3 is 11.5 Å². The van der Waals surface area contributed by atoms with E-state index in [0.717, 1.165) is 14.9 Å². The number of hydrogen-bond donors (Lipinski definition) is 2. The summed E-state index contributed by atoms with van der Waals surface area (Å²) in [4.78, 5) is 5.09. The van der Waals surface area contributed by atoms with Gasteiger partial charge in [0, 0.05) is 26.5 Å². The predicted octanol–water partition coefficient (Wildman–Crippen LogP) is 2.54. The van der Waals surface area contributed by atoms with E-state index in [1.807, 2.05) is 23.6 Å². The number of halogens is 1. The Balaban J connectivity index is 2.36. The molecule has 2 heterocycles. The molecule has 0 aliphatic heterocycles. The molecular weight excluding hydrogens is 274 g/mol. The Morgan fingerprint density at radius 2 is 2.27 bits per heavy atom. The lowest BCUT2D eigenvalue weighted by atomic mass is 10.1. The highest BCUT2D eigenvalue weighted by molar-refractivity contribution is 9.10. The Morgan fingerprint density at radius 1 is 1.47 bits per heavy atom. The van der Waals surface area contributed by atoms with Crippen LogP contribution in [0.3, 0.4) is 0 Å². The topological polar surface area (TPSA) is 64.9 Å². The van der Waals surface area contributed by atoms with Crippen LogP contribution in [-0.4, -0.2) is 4.98 Å². The van der Waals surface area contributed by atoms with Gasteiger partial charge in [-0.25, -0.2) is 4.98 Å². The minimum absolute atomic E-state index is 0.199. The van der Waals surface area contributed by atoms with Crippen molar-refractivity contribution in [2.45, 2.75) is 6.04 Å². The van der Waals surface area contributed by atoms with Gasteiger partial charge in [0.25, 0.3) is 0 Å². The third-order valence-electron chi connectivity index (χ3n) is 2.10. The molecule has 0 radical (unpaired) electrons. The molecule has 78 valence electrons. The molecule has 5 heteroatoms. The standard InChI is InChI=1S/C10H10BrN3S/c11-6-4-8(15-5-6)9(12)7-2-1-3-14-10(7)13/h1-5,9H,12H2,(H2,13,14). The molecule has 0 aliphatic rings. The van der Waals surface area contributed by atoms with Crippen LogP contribution >= 0.6 is 27.3 Å². The Kier molecular flexibility index (Phi) is 3.04. The van der Waals surface area contributed by atoms with E-state index in [1.165, 1.54) is 0 Å². The van der Waals surface area contributed by atoms with Crippen molar-refractivity contribution in [2.75, 3.05) is 5.73 Å². The summed E-state index contributed by atoms with van der Waals surface area (Å²) in [7, 11) is 0. The molecule has 0 fully saturated rings. The molecule has 1 unspecified atom stereocenters. The quantitative estimate of drug-likeness (QED) is 0.890. The van der Waals surface area contributed by atoms with Crippen molar-refractivity contribution in [3.63, 3.8) is 0 Å². The number of nitrogens with two attached hydrogens (primary N) is 2. The van der Waals surface area contributed by atoms with E-state index in [4.69, 9.17) is 11.5 Å². The zero-order valence-corrected chi connectivity index (χ0v) is 10.3. The highest BCUT2D eigenvalue weighted by atomic mass is 79.9. The molecule has 0 aliphatic carbocycles. The lowest BCUT2D eigenvalue weighted by molar-refractivity contribution is 0.888. The Bertz CT molecular complexity index is 469. The summed E-state index contributed by atoms with van der Waals surface area (Å²) in [6.45, 7) is 0. The maximum absolute atomic E-state index is 6.10. The van der Waals surface area contributed by atoms with Crippen LogP contribution in [0.5, 0.6) is 0 Å². The second kappa shape index (κ2) is 4.30. The highest BCUT2D eigenvalue weighted by Crippen LogP contribution is 2.29. The Hall–Kier alpha value is -0.910. The van der Waals surface area contributed by atoms with Crippen molar-refractivity contribution in [2.24, 2.45) is 5.73 Å². The lowest BCUT2D eigenvalue weighted by Gasteiger charge is -2.11. The number of rotatable bonds is 2. The normalized spacial score (nSPS) is 12.7. The fourth-order valence-electron chi connectivity index (χ4n) is 1.34. The van der Waals surface area contributed by atoms with Crippen molar-refractivity contribution < 1.29 is 0 Å². The fraction of sp³-hybridized carbons (Fsp3) is 0.100. The van der Waals surface area contributed by atoms with Gasteiger partial charge >= 0.3 is 0 Å². The van der Waals surface area contributed by atoms with E-state index in [1.54, 1.807) is 17.5 Å². The molecule has 0 saturated carbocycles. The number of thiophene rings is 1. The van der Waals surface area contributed by atoms with Crippen molar-refractivity contribution in [3.05, 3.63) is 44.7 Å². The number of nitrogens with zero attached hydrogens (tertiary/aromatic N) is 1. The largest absolute Gasteiger partial charge is 0.383 e. The molecule has 0 amide bonds. The predicted molar refractivity (Wildman–Crippen MR) is 66.7 cm³/mol. The van der Waals surface area contributed by atoms with E-state index >= 15 is 0 Å². The van der Waals surface area contributed by atoms with Crippen molar-refractivity contribution in [3.8, 4) is 0 Å². The van der Waals surface area contributed by atoms with Gasteiger partial charge in [-0.15, -0.1) is 11.3 Å². The molecule has 2 rings (SSSR count). The van der Waals surface area contributed by atoms with Crippen molar-refractivity contribution >= 4 is 33.1 Å². The second-order valence-corrected chi connectivity index (χ2v) is 4.98. The van der Waals surface area contributed by atoms with Crippen LogP contribution in [0, 0.1) is 0 Å². The third kappa shape index (κ3) is 2.19. The summed E-state index contributed by atoms with van der Waals surface area (Å²) in [5, 5.41) is 2.00. The van der Waals surface area contributed by atoms with Gasteiger partial charge in [0.05, 0.1) is 6.04 Å². The number of nitrogen functional groups attached to an aromatic ring is 1. The van der Waals surface area contributed by atoms with Crippen LogP contribution in [0.4, 0.5) is 5.82 Å². The first kappa shape index (κ1) is 10.6. The summed E-state index contributed by atoms with van der Waals surface area (Å²) < 4.78 is 1.04. The maximum Gasteiger partial charge on any atom is 0.128 e. The molecule has 0 bridgehead atoms. The summed E-state index contributed by atoms with van der Waals surface area (Å²) in [6, 6.07) is 5.55. The summed E-state index contributed by atoms with van der Waals surface area (Å²) in [5.41, 5.74) is 12.7. The van der Waals surface area contributed by atoms with E-state index in [2.05, 4.69) is 20.9 Å². The molecule has 2 aromatic rings. The van der Waals surface area contributed by atoms with Gasteiger partial charge in [0.1, 0.15) is 5.82 Å². The van der Waals surface area contributed by atoms with Crippen LogP contribution in [-0.2, 0) is 0 Å². The molecule has 4 N–H and O–H groups in total. The molecule has 0 saturated heterocycles. The van der Waals surface area contributed by atoms with Crippen LogP contribution in [0.2, 0.25) is 0 Å². The van der Waals surface area contributed by atoms with E-state index in [-0.39, 0.29) is 6.04 Å². The smallest absolute Gasteiger partial charge is 0.128 e. The number of anilines is 1. The van der Waals surface area contributed by atoms with Crippen LogP contribution < -0.4 is 11.5 Å². The van der Waals surface area contributed by atoms with Gasteiger partial charge in [-0.1, -0.05) is 6.07 Å². The van der Waals surface area contributed by atoms with Gasteiger partial charge in [-0.2, -0.15) is 0 Å². The summed E-state index contributed by atoms with van der Waals surface area (Å²) in [6.07, 6.45) is 1.66. The van der Waals surface area contributed by atoms with Crippen molar-refractivity contribution in [1.82, 2.24) is 4.98 Å². The van der Waals surface area contributed by atoms with E-state index in [0.29, 0.717) is 5.82 Å². The van der Waals surface area contributed by atoms with Crippen LogP contribution in [0.15, 0.2) is 34.2 Å². The SMILES string of the molecule is Nc1ncccc1C(N)c1cc(Br)cs1. The molecule has 3 nitrogen and oxygen atoms in total. The number of pyridine rings is 1. The first-order chi connectivity index (χ1) is 7.18. The minimum atomic E-state index is -0.199. The Labute approximate surface area is 100 Å². The molecule has 1 atom stereocenters. The van der Waals surface area contributed by atoms with Gasteiger partial charge in [-0.3, -0.25) is 0 Å². The molecule has 2 aromatic heterocycles.